The molecule has 1 aliphatic heterocycles. The van der Waals surface area contributed by atoms with Crippen molar-refractivity contribution >= 4 is 0 Å². The molecule has 0 aliphatic carbocycles. The van der Waals surface area contributed by atoms with Crippen molar-refractivity contribution < 1.29 is 0 Å². The molecule has 0 saturated carbocycles. The highest BCUT2D eigenvalue weighted by atomic mass is 15.0. The van der Waals surface area contributed by atoms with E-state index in [1.165, 1.54) is 13.0 Å². The smallest absolute Gasteiger partial charge is 0.0218 e. The first-order valence-corrected chi connectivity index (χ1v) is 6.35. The maximum Gasteiger partial charge on any atom is 0.0218 e. The third kappa shape index (κ3) is 4.12. The summed E-state index contributed by atoms with van der Waals surface area (Å²) < 4.78 is 0. The predicted octanol–water partition coefficient (Wildman–Crippen LogP) is 2.26. The van der Waals surface area contributed by atoms with Crippen LogP contribution in [0.3, 0.4) is 0 Å². The lowest BCUT2D eigenvalue weighted by Gasteiger charge is -2.28. The van der Waals surface area contributed by atoms with Crippen molar-refractivity contribution in [1.82, 2.24) is 10.6 Å². The average Bonchev–Trinajstić information content (AvgIpc) is 2.50. The van der Waals surface area contributed by atoms with E-state index in [2.05, 4.69) is 45.3 Å². The standard InChI is InChI=1S/C13H28N2/c1-10-6-7-15-12(10)9-14-8-11(2)13(3,4)5/h10-12,14-15H,6-9H2,1-5H3. The predicted molar refractivity (Wildman–Crippen MR) is 67.1 cm³/mol. The molecule has 1 fully saturated rings. The van der Waals surface area contributed by atoms with Crippen LogP contribution in [0.2, 0.25) is 0 Å². The second kappa shape index (κ2) is 5.31. The summed E-state index contributed by atoms with van der Waals surface area (Å²) in [5.74, 6) is 1.57. The summed E-state index contributed by atoms with van der Waals surface area (Å²) >= 11 is 0. The van der Waals surface area contributed by atoms with Crippen molar-refractivity contribution in [2.75, 3.05) is 19.6 Å². The monoisotopic (exact) mass is 212 g/mol. The number of rotatable bonds is 4. The van der Waals surface area contributed by atoms with Crippen LogP contribution in [0.15, 0.2) is 0 Å². The number of hydrogen-bond acceptors (Lipinski definition) is 2. The Morgan fingerprint density at radius 2 is 2.07 bits per heavy atom. The minimum atomic E-state index is 0.418. The fourth-order valence-electron chi connectivity index (χ4n) is 1.93. The summed E-state index contributed by atoms with van der Waals surface area (Å²) in [6.07, 6.45) is 1.33. The first kappa shape index (κ1) is 13.0. The molecule has 1 heterocycles. The maximum atomic E-state index is 3.60. The molecule has 0 aromatic carbocycles. The van der Waals surface area contributed by atoms with Gasteiger partial charge in [-0.15, -0.1) is 0 Å². The van der Waals surface area contributed by atoms with E-state index in [1.54, 1.807) is 0 Å². The van der Waals surface area contributed by atoms with E-state index in [0.29, 0.717) is 11.5 Å². The second-order valence-corrected chi connectivity index (χ2v) is 6.25. The van der Waals surface area contributed by atoms with E-state index in [9.17, 15) is 0 Å². The minimum absolute atomic E-state index is 0.418. The van der Waals surface area contributed by atoms with Crippen LogP contribution < -0.4 is 10.6 Å². The molecular formula is C13H28N2. The lowest BCUT2D eigenvalue weighted by Crippen LogP contribution is -2.40. The summed E-state index contributed by atoms with van der Waals surface area (Å²) in [6, 6.07) is 0.692. The lowest BCUT2D eigenvalue weighted by atomic mass is 9.82. The second-order valence-electron chi connectivity index (χ2n) is 6.25. The van der Waals surface area contributed by atoms with Crippen LogP contribution >= 0.6 is 0 Å². The van der Waals surface area contributed by atoms with Gasteiger partial charge < -0.3 is 10.6 Å². The van der Waals surface area contributed by atoms with Crippen molar-refractivity contribution in [3.8, 4) is 0 Å². The molecule has 1 rings (SSSR count). The third-order valence-corrected chi connectivity index (χ3v) is 3.99. The van der Waals surface area contributed by atoms with Crippen LogP contribution in [0.4, 0.5) is 0 Å². The van der Waals surface area contributed by atoms with Gasteiger partial charge in [-0.05, 0) is 36.8 Å². The van der Waals surface area contributed by atoms with Crippen molar-refractivity contribution in [2.24, 2.45) is 17.3 Å². The molecule has 0 radical (unpaired) electrons. The molecule has 0 bridgehead atoms. The molecule has 1 saturated heterocycles. The molecule has 2 heteroatoms. The van der Waals surface area contributed by atoms with Crippen LogP contribution in [0.1, 0.15) is 41.0 Å². The fourth-order valence-corrected chi connectivity index (χ4v) is 1.93. The molecule has 2 N–H and O–H groups in total. The van der Waals surface area contributed by atoms with Gasteiger partial charge in [-0.2, -0.15) is 0 Å². The molecule has 3 unspecified atom stereocenters. The Kier molecular flexibility index (Phi) is 4.60. The van der Waals surface area contributed by atoms with E-state index in [4.69, 9.17) is 0 Å². The van der Waals surface area contributed by atoms with E-state index < -0.39 is 0 Å². The van der Waals surface area contributed by atoms with Gasteiger partial charge in [0.1, 0.15) is 0 Å². The van der Waals surface area contributed by atoms with Crippen LogP contribution in [-0.2, 0) is 0 Å². The van der Waals surface area contributed by atoms with Gasteiger partial charge in [0, 0.05) is 12.6 Å². The molecule has 15 heavy (non-hydrogen) atoms. The highest BCUT2D eigenvalue weighted by molar-refractivity contribution is 4.83. The topological polar surface area (TPSA) is 24.1 Å². The first-order valence-electron chi connectivity index (χ1n) is 6.35. The summed E-state index contributed by atoms with van der Waals surface area (Å²) in [5, 5.41) is 7.16. The van der Waals surface area contributed by atoms with Gasteiger partial charge in [0.25, 0.3) is 0 Å². The van der Waals surface area contributed by atoms with E-state index in [1.807, 2.05) is 0 Å². The molecule has 0 aromatic heterocycles. The Morgan fingerprint density at radius 3 is 2.53 bits per heavy atom. The molecule has 3 atom stereocenters. The van der Waals surface area contributed by atoms with Gasteiger partial charge in [0.05, 0.1) is 0 Å². The third-order valence-electron chi connectivity index (χ3n) is 3.99. The fraction of sp³-hybridized carbons (Fsp3) is 1.00. The van der Waals surface area contributed by atoms with Crippen molar-refractivity contribution in [3.63, 3.8) is 0 Å². The number of hydrogen-bond donors (Lipinski definition) is 2. The lowest BCUT2D eigenvalue weighted by molar-refractivity contribution is 0.249. The zero-order chi connectivity index (χ0) is 11.5. The van der Waals surface area contributed by atoms with E-state index >= 15 is 0 Å². The van der Waals surface area contributed by atoms with Crippen LogP contribution in [0.25, 0.3) is 0 Å². The Balaban J connectivity index is 2.16. The average molecular weight is 212 g/mol. The summed E-state index contributed by atoms with van der Waals surface area (Å²) in [5.41, 5.74) is 0.418. The van der Waals surface area contributed by atoms with Gasteiger partial charge in [0.15, 0.2) is 0 Å². The molecule has 0 amide bonds. The van der Waals surface area contributed by atoms with E-state index in [-0.39, 0.29) is 0 Å². The maximum absolute atomic E-state index is 3.60. The Bertz CT molecular complexity index is 181. The minimum Gasteiger partial charge on any atom is -0.315 e. The summed E-state index contributed by atoms with van der Waals surface area (Å²) in [7, 11) is 0. The highest BCUT2D eigenvalue weighted by Crippen LogP contribution is 2.24. The molecule has 2 nitrogen and oxygen atoms in total. The van der Waals surface area contributed by atoms with Crippen molar-refractivity contribution in [2.45, 2.75) is 47.1 Å². The highest BCUT2D eigenvalue weighted by Gasteiger charge is 2.23. The van der Waals surface area contributed by atoms with E-state index in [0.717, 1.165) is 24.9 Å². The summed E-state index contributed by atoms with van der Waals surface area (Å²) in [6.45, 7) is 15.1. The van der Waals surface area contributed by atoms with Gasteiger partial charge in [-0.25, -0.2) is 0 Å². The van der Waals surface area contributed by atoms with Gasteiger partial charge in [-0.1, -0.05) is 34.6 Å². The Morgan fingerprint density at radius 1 is 1.40 bits per heavy atom. The Labute approximate surface area is 95.2 Å². The first-order chi connectivity index (χ1) is 6.91. The zero-order valence-corrected chi connectivity index (χ0v) is 11.1. The van der Waals surface area contributed by atoms with Gasteiger partial charge in [-0.3, -0.25) is 0 Å². The molecule has 0 aromatic rings. The van der Waals surface area contributed by atoms with Gasteiger partial charge >= 0.3 is 0 Å². The van der Waals surface area contributed by atoms with Crippen molar-refractivity contribution in [3.05, 3.63) is 0 Å². The number of nitrogens with one attached hydrogen (secondary N) is 2. The largest absolute Gasteiger partial charge is 0.315 e. The van der Waals surface area contributed by atoms with Crippen LogP contribution in [0, 0.1) is 17.3 Å². The SMILES string of the molecule is CC1CCNC1CNCC(C)C(C)(C)C. The van der Waals surface area contributed by atoms with Gasteiger partial charge in [0.2, 0.25) is 0 Å². The molecule has 90 valence electrons. The normalized spacial score (nSPS) is 29.4. The molecule has 0 spiro atoms. The zero-order valence-electron chi connectivity index (χ0n) is 11.1. The molecular weight excluding hydrogens is 184 g/mol. The van der Waals surface area contributed by atoms with Crippen LogP contribution in [0.5, 0.6) is 0 Å². The Hall–Kier alpha value is -0.0800. The molecule has 1 aliphatic rings. The quantitative estimate of drug-likeness (QED) is 0.747. The van der Waals surface area contributed by atoms with Crippen molar-refractivity contribution in [1.29, 1.82) is 0 Å². The summed E-state index contributed by atoms with van der Waals surface area (Å²) in [4.78, 5) is 0. The van der Waals surface area contributed by atoms with Crippen LogP contribution in [-0.4, -0.2) is 25.7 Å².